The molecule has 3 fully saturated rings. The van der Waals surface area contributed by atoms with E-state index in [2.05, 4.69) is 42.5 Å². The Balaban J connectivity index is 0.980. The van der Waals surface area contributed by atoms with Crippen LogP contribution in [0.4, 0.5) is 9.59 Å². The first-order chi connectivity index (χ1) is 32.7. The number of benzene rings is 1. The van der Waals surface area contributed by atoms with Crippen molar-refractivity contribution in [3.05, 3.63) is 72.8 Å². The minimum absolute atomic E-state index is 0.0338. The highest BCUT2D eigenvalue weighted by molar-refractivity contribution is 5.87. The van der Waals surface area contributed by atoms with E-state index in [0.29, 0.717) is 55.1 Å². The van der Waals surface area contributed by atoms with Crippen LogP contribution in [0.2, 0.25) is 0 Å². The van der Waals surface area contributed by atoms with Gasteiger partial charge in [0.25, 0.3) is 0 Å². The molecule has 0 saturated carbocycles. The number of hydrogen-bond acceptors (Lipinski definition) is 11. The SMILES string of the molecule is CCC[C@H](NC(=O)[C@@H](NC(=O)OC)[C@H]1C[C@@H](C)O[C@@H](C)C1)c1ncc(-c2ncc(-c3ccc(-c4cnc([C@@H]5CC[C@H](C)N5C(=O)C(NC(=O)OC)[C@H]5C[C@@H](C)O[C@@H](C)C5)[nH]4)cc3)n3cccc23)[nH]1. The predicted octanol–water partition coefficient (Wildman–Crippen LogP) is 7.65. The smallest absolute Gasteiger partial charge is 0.407 e. The van der Waals surface area contributed by atoms with Gasteiger partial charge in [-0.25, -0.2) is 19.6 Å². The number of likely N-dealkylation sites (tertiary alicyclic amines) is 1. The summed E-state index contributed by atoms with van der Waals surface area (Å²) in [6.45, 7) is 12.1. The summed E-state index contributed by atoms with van der Waals surface area (Å²) in [5.74, 6) is 0.622. The zero-order valence-electron chi connectivity index (χ0n) is 40.3. The van der Waals surface area contributed by atoms with E-state index in [-0.39, 0.29) is 60.1 Å². The zero-order chi connectivity index (χ0) is 48.2. The molecule has 68 heavy (non-hydrogen) atoms. The minimum Gasteiger partial charge on any atom is -0.453 e. The molecule has 8 rings (SSSR count). The highest BCUT2D eigenvalue weighted by Gasteiger charge is 2.44. The number of methoxy groups -OCH3 is 2. The molecule has 11 atom stereocenters. The van der Waals surface area contributed by atoms with Gasteiger partial charge in [-0.1, -0.05) is 37.6 Å². The molecule has 7 heterocycles. The molecule has 0 bridgehead atoms. The number of rotatable bonds is 14. The topological polar surface area (TPSA) is 219 Å². The summed E-state index contributed by atoms with van der Waals surface area (Å²) < 4.78 is 23.8. The molecule has 18 heteroatoms. The maximum Gasteiger partial charge on any atom is 0.407 e. The summed E-state index contributed by atoms with van der Waals surface area (Å²) in [7, 11) is 2.60. The first-order valence-corrected chi connectivity index (χ1v) is 24.0. The Morgan fingerprint density at radius 3 is 1.97 bits per heavy atom. The minimum atomic E-state index is -0.803. The molecule has 5 N–H and O–H groups in total. The third kappa shape index (κ3) is 10.4. The Morgan fingerprint density at radius 2 is 1.34 bits per heavy atom. The molecule has 4 amide bonds. The van der Waals surface area contributed by atoms with Crippen LogP contribution >= 0.6 is 0 Å². The lowest BCUT2D eigenvalue weighted by molar-refractivity contribution is -0.140. The number of nitrogens with one attached hydrogen (secondary N) is 5. The Hall–Kier alpha value is -6.27. The maximum absolute atomic E-state index is 14.5. The average Bonchev–Trinajstić information content (AvgIpc) is 4.16. The molecule has 1 aromatic carbocycles. The van der Waals surface area contributed by atoms with Gasteiger partial charge in [0.2, 0.25) is 11.8 Å². The van der Waals surface area contributed by atoms with E-state index in [1.165, 1.54) is 14.2 Å². The molecule has 364 valence electrons. The Kier molecular flexibility index (Phi) is 14.8. The molecule has 3 saturated heterocycles. The normalized spacial score (nSPS) is 25.3. The van der Waals surface area contributed by atoms with Crippen molar-refractivity contribution in [2.24, 2.45) is 11.8 Å². The third-order valence-corrected chi connectivity index (χ3v) is 13.8. The standard InChI is InChI=1S/C50H66N10O8/c1-9-11-36(56-47(61)42(57-49(63)65-7)34-20-28(3)67-29(4)21-34)45-52-25-38(55-45)44-39-12-10-19-59(39)41(26-51-44)33-16-14-32(15-17-33)37-24-53-46(54-37)40-18-13-27(2)60(40)48(62)43(58-50(64)66-8)35-22-30(5)68-31(6)23-35/h10,12,14-17,19,24-31,34-36,40,42-43H,9,11,13,18,20-23H2,1-8H3,(H,52,55)(H,53,54)(H,56,61)(H,57,63)(H,58,64)/t27-,28-,29+,30-,31+,34+,35+,36-,40-,42-,43?/m0/s1. The second kappa shape index (κ2) is 20.9. The number of carbonyl (C=O) groups excluding carboxylic acids is 4. The fourth-order valence-corrected chi connectivity index (χ4v) is 10.8. The molecule has 5 aromatic rings. The van der Waals surface area contributed by atoms with Crippen molar-refractivity contribution in [1.29, 1.82) is 0 Å². The quantitative estimate of drug-likeness (QED) is 0.0728. The lowest BCUT2D eigenvalue weighted by atomic mass is 9.85. The first-order valence-electron chi connectivity index (χ1n) is 24.0. The van der Waals surface area contributed by atoms with Crippen LogP contribution in [0.15, 0.2) is 61.2 Å². The number of imidazole rings is 2. The molecule has 0 spiro atoms. The van der Waals surface area contributed by atoms with E-state index in [1.54, 1.807) is 6.20 Å². The van der Waals surface area contributed by atoms with Crippen LogP contribution in [0.3, 0.4) is 0 Å². The number of carbonyl (C=O) groups is 4. The van der Waals surface area contributed by atoms with Gasteiger partial charge < -0.3 is 54.2 Å². The molecule has 18 nitrogen and oxygen atoms in total. The second-order valence-electron chi connectivity index (χ2n) is 18.9. The molecule has 3 aliphatic rings. The Morgan fingerprint density at radius 1 is 0.735 bits per heavy atom. The fourth-order valence-electron chi connectivity index (χ4n) is 10.8. The van der Waals surface area contributed by atoms with E-state index in [1.807, 2.05) is 89.3 Å². The van der Waals surface area contributed by atoms with Gasteiger partial charge in [-0.2, -0.15) is 0 Å². The average molecular weight is 935 g/mol. The third-order valence-electron chi connectivity index (χ3n) is 13.8. The Labute approximate surface area is 397 Å². The number of H-pyrrole nitrogens is 2. The molecule has 4 aromatic heterocycles. The van der Waals surface area contributed by atoms with Gasteiger partial charge >= 0.3 is 12.2 Å². The highest BCUT2D eigenvalue weighted by Crippen LogP contribution is 2.39. The number of alkyl carbamates (subject to hydrolysis) is 2. The van der Waals surface area contributed by atoms with Crippen LogP contribution < -0.4 is 16.0 Å². The zero-order valence-corrected chi connectivity index (χ0v) is 40.3. The molecular formula is C50H66N10O8. The van der Waals surface area contributed by atoms with Crippen LogP contribution in [0.25, 0.3) is 39.4 Å². The van der Waals surface area contributed by atoms with Gasteiger partial charge in [0, 0.05) is 17.8 Å². The summed E-state index contributed by atoms with van der Waals surface area (Å²) in [5.41, 5.74) is 5.88. The van der Waals surface area contributed by atoms with Crippen molar-refractivity contribution in [1.82, 2.24) is 50.2 Å². The maximum atomic E-state index is 14.5. The van der Waals surface area contributed by atoms with Gasteiger partial charge in [0.1, 0.15) is 29.4 Å². The van der Waals surface area contributed by atoms with Crippen molar-refractivity contribution in [3.63, 3.8) is 0 Å². The monoisotopic (exact) mass is 935 g/mol. The summed E-state index contributed by atoms with van der Waals surface area (Å²) in [4.78, 5) is 76.7. The molecule has 3 aliphatic heterocycles. The van der Waals surface area contributed by atoms with E-state index >= 15 is 0 Å². The number of amides is 4. The van der Waals surface area contributed by atoms with Crippen LogP contribution in [-0.4, -0.2) is 115 Å². The van der Waals surface area contributed by atoms with E-state index in [0.717, 1.165) is 47.3 Å². The van der Waals surface area contributed by atoms with E-state index in [9.17, 15) is 19.2 Å². The molecule has 1 unspecified atom stereocenters. The molecule has 0 radical (unpaired) electrons. The van der Waals surface area contributed by atoms with Crippen molar-refractivity contribution < 1.29 is 38.1 Å². The van der Waals surface area contributed by atoms with E-state index < -0.39 is 30.3 Å². The van der Waals surface area contributed by atoms with Crippen LogP contribution in [0.5, 0.6) is 0 Å². The number of ether oxygens (including phenoxy) is 4. The number of fused-ring (bicyclic) bond motifs is 1. The van der Waals surface area contributed by atoms with E-state index in [4.69, 9.17) is 33.9 Å². The fraction of sp³-hybridized carbons (Fsp3) is 0.540. The number of aromatic amines is 2. The first kappa shape index (κ1) is 48.2. The number of aromatic nitrogens is 6. The highest BCUT2D eigenvalue weighted by atomic mass is 16.5. The van der Waals surface area contributed by atoms with Crippen molar-refractivity contribution >= 4 is 29.5 Å². The summed E-state index contributed by atoms with van der Waals surface area (Å²) >= 11 is 0. The van der Waals surface area contributed by atoms with Crippen molar-refractivity contribution in [2.45, 2.75) is 148 Å². The summed E-state index contributed by atoms with van der Waals surface area (Å²) in [6.07, 6.45) is 11.4. The Bertz CT molecular complexity index is 2530. The van der Waals surface area contributed by atoms with Gasteiger partial charge in [-0.15, -0.1) is 0 Å². The van der Waals surface area contributed by atoms with Gasteiger partial charge in [0.05, 0.1) is 91.9 Å². The molecule has 0 aliphatic carbocycles. The summed E-state index contributed by atoms with van der Waals surface area (Å²) in [5, 5.41) is 8.83. The predicted molar refractivity (Wildman–Crippen MR) is 254 cm³/mol. The van der Waals surface area contributed by atoms with Gasteiger partial charge in [0.15, 0.2) is 0 Å². The lowest BCUT2D eigenvalue weighted by Gasteiger charge is -2.39. The van der Waals surface area contributed by atoms with Crippen LogP contribution in [0.1, 0.15) is 117 Å². The van der Waals surface area contributed by atoms with Crippen molar-refractivity contribution in [3.8, 4) is 33.9 Å². The van der Waals surface area contributed by atoms with Crippen molar-refractivity contribution in [2.75, 3.05) is 14.2 Å². The van der Waals surface area contributed by atoms with Crippen LogP contribution in [0, 0.1) is 11.8 Å². The lowest BCUT2D eigenvalue weighted by Crippen LogP contribution is -2.55. The number of hydrogen-bond donors (Lipinski definition) is 5. The van der Waals surface area contributed by atoms with Gasteiger partial charge in [-0.3, -0.25) is 14.6 Å². The summed E-state index contributed by atoms with van der Waals surface area (Å²) in [6, 6.07) is 9.84. The largest absolute Gasteiger partial charge is 0.453 e. The molecular weight excluding hydrogens is 869 g/mol. The second-order valence-corrected chi connectivity index (χ2v) is 18.9. The van der Waals surface area contributed by atoms with Crippen LogP contribution in [-0.2, 0) is 28.5 Å². The number of nitrogens with zero attached hydrogens (tertiary/aromatic N) is 5. The van der Waals surface area contributed by atoms with Gasteiger partial charge in [-0.05, 0) is 109 Å².